The van der Waals surface area contributed by atoms with E-state index in [1.165, 1.54) is 50.5 Å². The van der Waals surface area contributed by atoms with Gasteiger partial charge in [0.2, 0.25) is 0 Å². The molecule has 0 radical (unpaired) electrons. The molecule has 3 heteroatoms. The number of hydrogen-bond acceptors (Lipinski definition) is 1. The van der Waals surface area contributed by atoms with E-state index in [9.17, 15) is 4.79 Å². The number of fused-ring (bicyclic) bond motifs is 1. The van der Waals surface area contributed by atoms with E-state index in [2.05, 4.69) is 23.5 Å². The van der Waals surface area contributed by atoms with Crippen molar-refractivity contribution in [2.45, 2.75) is 51.4 Å². The number of anilines is 1. The fourth-order valence-electron chi connectivity index (χ4n) is 3.62. The largest absolute Gasteiger partial charge is 0.337 e. The third-order valence-electron chi connectivity index (χ3n) is 4.90. The van der Waals surface area contributed by atoms with E-state index in [1.54, 1.807) is 0 Å². The van der Waals surface area contributed by atoms with Gasteiger partial charge in [0, 0.05) is 18.8 Å². The molecule has 0 spiro atoms. The number of para-hydroxylation sites is 1. The Balaban J connectivity index is 1.52. The highest BCUT2D eigenvalue weighted by Crippen LogP contribution is 2.27. The van der Waals surface area contributed by atoms with Crippen LogP contribution >= 0.6 is 0 Å². The second-order valence-electron chi connectivity index (χ2n) is 6.43. The zero-order valence-electron chi connectivity index (χ0n) is 12.8. The Kier molecular flexibility index (Phi) is 4.79. The van der Waals surface area contributed by atoms with E-state index < -0.39 is 0 Å². The summed E-state index contributed by atoms with van der Waals surface area (Å²) in [5.74, 6) is 0.673. The highest BCUT2D eigenvalue weighted by molar-refractivity contribution is 5.94. The van der Waals surface area contributed by atoms with E-state index in [1.807, 2.05) is 11.0 Å². The van der Waals surface area contributed by atoms with Crippen molar-refractivity contribution in [2.75, 3.05) is 18.0 Å². The maximum atomic E-state index is 12.4. The van der Waals surface area contributed by atoms with Crippen molar-refractivity contribution >= 4 is 11.7 Å². The van der Waals surface area contributed by atoms with Crippen molar-refractivity contribution in [1.82, 2.24) is 5.32 Å². The van der Waals surface area contributed by atoms with Crippen molar-refractivity contribution in [1.29, 1.82) is 0 Å². The molecular weight excluding hydrogens is 260 g/mol. The predicted octanol–water partition coefficient (Wildman–Crippen LogP) is 4.12. The lowest BCUT2D eigenvalue weighted by molar-refractivity contribution is 0.243. The van der Waals surface area contributed by atoms with Gasteiger partial charge in [0.15, 0.2) is 0 Å². The van der Waals surface area contributed by atoms with Crippen molar-refractivity contribution in [3.8, 4) is 0 Å². The van der Waals surface area contributed by atoms with E-state index in [4.69, 9.17) is 0 Å². The molecule has 1 N–H and O–H groups in total. The first-order valence-electron chi connectivity index (χ1n) is 8.48. The third kappa shape index (κ3) is 3.58. The second kappa shape index (κ2) is 6.97. The summed E-state index contributed by atoms with van der Waals surface area (Å²) in [7, 11) is 0. The number of urea groups is 1. The molecule has 0 aromatic heterocycles. The van der Waals surface area contributed by atoms with Crippen LogP contribution in [0.25, 0.3) is 0 Å². The standard InChI is InChI=1S/C18H26N2O/c21-18(19-14-15-8-4-2-1-3-5-9-15)20-13-12-16-10-6-7-11-17(16)20/h6-7,10-11,15H,1-5,8-9,12-14H2,(H,19,21). The van der Waals surface area contributed by atoms with Gasteiger partial charge in [0.1, 0.15) is 0 Å². The number of nitrogens with zero attached hydrogens (tertiary/aromatic N) is 1. The van der Waals surface area contributed by atoms with Gasteiger partial charge in [-0.15, -0.1) is 0 Å². The van der Waals surface area contributed by atoms with Crippen LogP contribution in [0, 0.1) is 5.92 Å². The highest BCUT2D eigenvalue weighted by atomic mass is 16.2. The number of nitrogens with one attached hydrogen (secondary N) is 1. The molecule has 0 atom stereocenters. The van der Waals surface area contributed by atoms with Crippen LogP contribution in [0.2, 0.25) is 0 Å². The van der Waals surface area contributed by atoms with E-state index >= 15 is 0 Å². The van der Waals surface area contributed by atoms with E-state index in [0.717, 1.165) is 25.2 Å². The molecule has 0 bridgehead atoms. The molecule has 0 saturated heterocycles. The summed E-state index contributed by atoms with van der Waals surface area (Å²) in [6.45, 7) is 1.66. The Labute approximate surface area is 127 Å². The van der Waals surface area contributed by atoms with Crippen LogP contribution in [-0.4, -0.2) is 19.1 Å². The first kappa shape index (κ1) is 14.4. The minimum atomic E-state index is 0.0852. The van der Waals surface area contributed by atoms with Gasteiger partial charge in [0.25, 0.3) is 0 Å². The minimum Gasteiger partial charge on any atom is -0.337 e. The van der Waals surface area contributed by atoms with Gasteiger partial charge < -0.3 is 5.32 Å². The van der Waals surface area contributed by atoms with Gasteiger partial charge in [-0.3, -0.25) is 4.90 Å². The lowest BCUT2D eigenvalue weighted by atomic mass is 9.91. The molecule has 3 nitrogen and oxygen atoms in total. The van der Waals surface area contributed by atoms with Gasteiger partial charge in [-0.25, -0.2) is 4.79 Å². The lowest BCUT2D eigenvalue weighted by Gasteiger charge is -2.23. The van der Waals surface area contributed by atoms with Gasteiger partial charge >= 0.3 is 6.03 Å². The summed E-state index contributed by atoms with van der Waals surface area (Å²) in [6, 6.07) is 8.32. The van der Waals surface area contributed by atoms with Crippen LogP contribution < -0.4 is 10.2 Å². The van der Waals surface area contributed by atoms with Crippen LogP contribution in [0.5, 0.6) is 0 Å². The van der Waals surface area contributed by atoms with E-state index in [-0.39, 0.29) is 6.03 Å². The van der Waals surface area contributed by atoms with Gasteiger partial charge in [-0.2, -0.15) is 0 Å². The fraction of sp³-hybridized carbons (Fsp3) is 0.611. The number of rotatable bonds is 2. The Hall–Kier alpha value is -1.51. The molecule has 2 aliphatic rings. The topological polar surface area (TPSA) is 32.3 Å². The first-order chi connectivity index (χ1) is 10.3. The predicted molar refractivity (Wildman–Crippen MR) is 86.7 cm³/mol. The second-order valence-corrected chi connectivity index (χ2v) is 6.43. The Bertz CT molecular complexity index is 478. The maximum Gasteiger partial charge on any atom is 0.321 e. The van der Waals surface area contributed by atoms with Crippen molar-refractivity contribution < 1.29 is 4.79 Å². The number of benzene rings is 1. The quantitative estimate of drug-likeness (QED) is 0.871. The normalized spacial score (nSPS) is 19.7. The highest BCUT2D eigenvalue weighted by Gasteiger charge is 2.24. The third-order valence-corrected chi connectivity index (χ3v) is 4.90. The Morgan fingerprint density at radius 3 is 2.62 bits per heavy atom. The summed E-state index contributed by atoms with van der Waals surface area (Å²) < 4.78 is 0. The number of amides is 2. The summed E-state index contributed by atoms with van der Waals surface area (Å²) in [6.07, 6.45) is 10.3. The van der Waals surface area contributed by atoms with Crippen LogP contribution in [0.15, 0.2) is 24.3 Å². The molecule has 114 valence electrons. The average Bonchev–Trinajstić information content (AvgIpc) is 2.90. The van der Waals surface area contributed by atoms with Crippen molar-refractivity contribution in [2.24, 2.45) is 5.92 Å². The monoisotopic (exact) mass is 286 g/mol. The zero-order chi connectivity index (χ0) is 14.5. The van der Waals surface area contributed by atoms with Gasteiger partial charge in [-0.1, -0.05) is 50.3 Å². The van der Waals surface area contributed by atoms with E-state index in [0.29, 0.717) is 5.92 Å². The molecular formula is C18H26N2O. The van der Waals surface area contributed by atoms with Crippen LogP contribution in [0.3, 0.4) is 0 Å². The minimum absolute atomic E-state index is 0.0852. The lowest BCUT2D eigenvalue weighted by Crippen LogP contribution is -2.41. The fourth-order valence-corrected chi connectivity index (χ4v) is 3.62. The smallest absolute Gasteiger partial charge is 0.321 e. The molecule has 1 saturated carbocycles. The van der Waals surface area contributed by atoms with Crippen LogP contribution in [0.4, 0.5) is 10.5 Å². The number of hydrogen-bond donors (Lipinski definition) is 1. The molecule has 3 rings (SSSR count). The molecule has 1 aromatic rings. The van der Waals surface area contributed by atoms with Gasteiger partial charge in [0.05, 0.1) is 0 Å². The number of carbonyl (C=O) groups is 1. The summed E-state index contributed by atoms with van der Waals surface area (Å²) in [5, 5.41) is 3.17. The average molecular weight is 286 g/mol. The molecule has 1 heterocycles. The summed E-state index contributed by atoms with van der Waals surface area (Å²) >= 11 is 0. The Morgan fingerprint density at radius 2 is 1.81 bits per heavy atom. The van der Waals surface area contributed by atoms with Crippen LogP contribution in [0.1, 0.15) is 50.5 Å². The molecule has 1 aliphatic heterocycles. The van der Waals surface area contributed by atoms with Gasteiger partial charge in [-0.05, 0) is 36.8 Å². The molecule has 1 aliphatic carbocycles. The summed E-state index contributed by atoms with van der Waals surface area (Å²) in [4.78, 5) is 14.3. The summed E-state index contributed by atoms with van der Waals surface area (Å²) in [5.41, 5.74) is 2.38. The molecule has 1 fully saturated rings. The SMILES string of the molecule is O=C(NCC1CCCCCCC1)N1CCc2ccccc21. The van der Waals surface area contributed by atoms with Crippen molar-refractivity contribution in [3.63, 3.8) is 0 Å². The molecule has 2 amide bonds. The molecule has 1 aromatic carbocycles. The maximum absolute atomic E-state index is 12.4. The van der Waals surface area contributed by atoms with Crippen molar-refractivity contribution in [3.05, 3.63) is 29.8 Å². The zero-order valence-corrected chi connectivity index (χ0v) is 12.8. The Morgan fingerprint density at radius 1 is 1.10 bits per heavy atom. The number of carbonyl (C=O) groups excluding carboxylic acids is 1. The molecule has 21 heavy (non-hydrogen) atoms. The molecule has 0 unspecified atom stereocenters. The van der Waals surface area contributed by atoms with Crippen LogP contribution in [-0.2, 0) is 6.42 Å². The first-order valence-corrected chi connectivity index (χ1v) is 8.48.